The molecule has 1 aliphatic carbocycles. The largest absolute Gasteiger partial charge is 0.304 e. The van der Waals surface area contributed by atoms with Gasteiger partial charge in [-0.25, -0.2) is 4.98 Å². The lowest BCUT2D eigenvalue weighted by atomic mass is 9.98. The highest BCUT2D eigenvalue weighted by molar-refractivity contribution is 7.11. The zero-order valence-corrected chi connectivity index (χ0v) is 10.4. The standard InChI is InChI=1S/C11H15ClN2S/c1-7(12)6-13-9-4-3-5-10-11(9)15-8(2)14-10/h9,13H,1,3-6H2,2H3. The average Bonchev–Trinajstić information content (AvgIpc) is 2.55. The Balaban J connectivity index is 2.11. The fourth-order valence-corrected chi connectivity index (χ4v) is 3.13. The normalized spacial score (nSPS) is 20.0. The number of rotatable bonds is 3. The summed E-state index contributed by atoms with van der Waals surface area (Å²) in [5.41, 5.74) is 1.28. The predicted molar refractivity (Wildman–Crippen MR) is 65.5 cm³/mol. The first-order valence-electron chi connectivity index (χ1n) is 5.19. The highest BCUT2D eigenvalue weighted by Crippen LogP contribution is 2.33. The molecular weight excluding hydrogens is 228 g/mol. The van der Waals surface area contributed by atoms with Gasteiger partial charge in [0.15, 0.2) is 0 Å². The van der Waals surface area contributed by atoms with Crippen LogP contribution in [0, 0.1) is 6.92 Å². The third-order valence-electron chi connectivity index (χ3n) is 2.60. The molecule has 1 N–H and O–H groups in total. The van der Waals surface area contributed by atoms with Crippen LogP contribution in [-0.2, 0) is 6.42 Å². The topological polar surface area (TPSA) is 24.9 Å². The molecule has 1 heterocycles. The molecule has 0 fully saturated rings. The zero-order chi connectivity index (χ0) is 10.8. The van der Waals surface area contributed by atoms with Crippen LogP contribution in [0.5, 0.6) is 0 Å². The molecule has 0 aliphatic heterocycles. The maximum atomic E-state index is 5.76. The lowest BCUT2D eigenvalue weighted by molar-refractivity contribution is 0.483. The molecule has 0 spiro atoms. The van der Waals surface area contributed by atoms with Crippen molar-refractivity contribution in [2.75, 3.05) is 6.54 Å². The number of hydrogen-bond acceptors (Lipinski definition) is 3. The molecule has 2 nitrogen and oxygen atoms in total. The number of thiazole rings is 1. The quantitative estimate of drug-likeness (QED) is 0.881. The smallest absolute Gasteiger partial charge is 0.0900 e. The summed E-state index contributed by atoms with van der Waals surface area (Å²) in [6, 6.07) is 0.426. The van der Waals surface area contributed by atoms with Crippen molar-refractivity contribution in [1.29, 1.82) is 0 Å². The zero-order valence-electron chi connectivity index (χ0n) is 8.85. The molecule has 1 aromatic heterocycles. The fourth-order valence-electron chi connectivity index (χ4n) is 1.97. The number of aromatic nitrogens is 1. The van der Waals surface area contributed by atoms with E-state index in [4.69, 9.17) is 11.6 Å². The first-order valence-corrected chi connectivity index (χ1v) is 6.39. The summed E-state index contributed by atoms with van der Waals surface area (Å²) in [4.78, 5) is 5.95. The lowest BCUT2D eigenvalue weighted by Crippen LogP contribution is -2.25. The molecule has 82 valence electrons. The van der Waals surface area contributed by atoms with Crippen molar-refractivity contribution in [1.82, 2.24) is 10.3 Å². The van der Waals surface area contributed by atoms with Gasteiger partial charge in [-0.15, -0.1) is 11.3 Å². The Labute approximate surface area is 99.4 Å². The van der Waals surface area contributed by atoms with Gasteiger partial charge >= 0.3 is 0 Å². The lowest BCUT2D eigenvalue weighted by Gasteiger charge is -2.22. The number of nitrogens with zero attached hydrogens (tertiary/aromatic N) is 1. The summed E-state index contributed by atoms with van der Waals surface area (Å²) in [6.07, 6.45) is 3.51. The van der Waals surface area contributed by atoms with Gasteiger partial charge in [0.2, 0.25) is 0 Å². The Morgan fingerprint density at radius 3 is 3.27 bits per heavy atom. The van der Waals surface area contributed by atoms with Crippen LogP contribution in [0.25, 0.3) is 0 Å². The monoisotopic (exact) mass is 242 g/mol. The van der Waals surface area contributed by atoms with Crippen LogP contribution >= 0.6 is 22.9 Å². The van der Waals surface area contributed by atoms with Gasteiger partial charge in [0.1, 0.15) is 0 Å². The van der Waals surface area contributed by atoms with Crippen LogP contribution < -0.4 is 5.32 Å². The van der Waals surface area contributed by atoms with Crippen LogP contribution in [0.15, 0.2) is 11.6 Å². The van der Waals surface area contributed by atoms with E-state index in [1.54, 1.807) is 11.3 Å². The van der Waals surface area contributed by atoms with E-state index < -0.39 is 0 Å². The van der Waals surface area contributed by atoms with Crippen molar-refractivity contribution >= 4 is 22.9 Å². The van der Waals surface area contributed by atoms with Crippen molar-refractivity contribution in [2.24, 2.45) is 0 Å². The molecular formula is C11H15ClN2S. The Bertz CT molecular complexity index is 373. The SMILES string of the molecule is C=C(Cl)CNC1CCCc2nc(C)sc21. The molecule has 1 unspecified atom stereocenters. The number of aryl methyl sites for hydroxylation is 2. The van der Waals surface area contributed by atoms with Crippen LogP contribution in [0.2, 0.25) is 0 Å². The van der Waals surface area contributed by atoms with E-state index in [2.05, 4.69) is 23.8 Å². The Hall–Kier alpha value is -0.380. The Morgan fingerprint density at radius 1 is 1.73 bits per heavy atom. The van der Waals surface area contributed by atoms with Crippen LogP contribution in [0.4, 0.5) is 0 Å². The first kappa shape index (κ1) is 11.1. The number of halogens is 1. The van der Waals surface area contributed by atoms with Crippen molar-refractivity contribution in [3.8, 4) is 0 Å². The third-order valence-corrected chi connectivity index (χ3v) is 3.86. The van der Waals surface area contributed by atoms with E-state index in [-0.39, 0.29) is 0 Å². The summed E-state index contributed by atoms with van der Waals surface area (Å²) in [7, 11) is 0. The number of nitrogens with one attached hydrogen (secondary N) is 1. The van der Waals surface area contributed by atoms with Gasteiger partial charge in [0.05, 0.1) is 10.7 Å². The molecule has 0 amide bonds. The van der Waals surface area contributed by atoms with Crippen LogP contribution in [0.1, 0.15) is 34.5 Å². The van der Waals surface area contributed by atoms with E-state index in [1.807, 2.05) is 0 Å². The van der Waals surface area contributed by atoms with Crippen molar-refractivity contribution in [2.45, 2.75) is 32.2 Å². The van der Waals surface area contributed by atoms with E-state index in [9.17, 15) is 0 Å². The van der Waals surface area contributed by atoms with Gasteiger partial charge in [-0.2, -0.15) is 0 Å². The maximum Gasteiger partial charge on any atom is 0.0900 e. The number of fused-ring (bicyclic) bond motifs is 1. The van der Waals surface area contributed by atoms with Gasteiger partial charge < -0.3 is 5.32 Å². The molecule has 4 heteroatoms. The highest BCUT2D eigenvalue weighted by atomic mass is 35.5. The third kappa shape index (κ3) is 2.60. The first-order chi connectivity index (χ1) is 7.16. The Kier molecular flexibility index (Phi) is 3.44. The van der Waals surface area contributed by atoms with Crippen LogP contribution in [0.3, 0.4) is 0 Å². The molecule has 1 aromatic rings. The van der Waals surface area contributed by atoms with E-state index >= 15 is 0 Å². The second kappa shape index (κ2) is 4.64. The summed E-state index contributed by atoms with van der Waals surface area (Å²) in [5, 5.41) is 5.26. The van der Waals surface area contributed by atoms with Gasteiger partial charge in [-0.3, -0.25) is 0 Å². The van der Waals surface area contributed by atoms with Gasteiger partial charge in [-0.05, 0) is 26.2 Å². The summed E-state index contributed by atoms with van der Waals surface area (Å²) in [6.45, 7) is 6.44. The fraction of sp³-hybridized carbons (Fsp3) is 0.545. The van der Waals surface area contributed by atoms with Crippen molar-refractivity contribution in [3.05, 3.63) is 27.2 Å². The van der Waals surface area contributed by atoms with Crippen LogP contribution in [-0.4, -0.2) is 11.5 Å². The molecule has 0 aromatic carbocycles. The maximum absolute atomic E-state index is 5.76. The van der Waals surface area contributed by atoms with Gasteiger partial charge in [-0.1, -0.05) is 18.2 Å². The van der Waals surface area contributed by atoms with Gasteiger partial charge in [0.25, 0.3) is 0 Å². The Morgan fingerprint density at radius 2 is 2.53 bits per heavy atom. The van der Waals surface area contributed by atoms with E-state index in [1.165, 1.54) is 28.4 Å². The van der Waals surface area contributed by atoms with Crippen molar-refractivity contribution in [3.63, 3.8) is 0 Å². The van der Waals surface area contributed by atoms with Gasteiger partial charge in [0, 0.05) is 22.5 Å². The second-order valence-corrected chi connectivity index (χ2v) is 5.66. The van der Waals surface area contributed by atoms with Crippen molar-refractivity contribution < 1.29 is 0 Å². The highest BCUT2D eigenvalue weighted by Gasteiger charge is 2.23. The molecule has 0 saturated heterocycles. The molecule has 15 heavy (non-hydrogen) atoms. The minimum absolute atomic E-state index is 0.426. The molecule has 1 aliphatic rings. The summed E-state index contributed by atoms with van der Waals surface area (Å²) >= 11 is 7.56. The second-order valence-electron chi connectivity index (χ2n) is 3.89. The molecule has 1 atom stereocenters. The summed E-state index contributed by atoms with van der Waals surface area (Å²) in [5.74, 6) is 0. The minimum Gasteiger partial charge on any atom is -0.304 e. The molecule has 0 radical (unpaired) electrons. The summed E-state index contributed by atoms with van der Waals surface area (Å²) < 4.78 is 0. The van der Waals surface area contributed by atoms with E-state index in [0.717, 1.165) is 6.42 Å². The molecule has 0 saturated carbocycles. The predicted octanol–water partition coefficient (Wildman–Crippen LogP) is 3.17. The van der Waals surface area contributed by atoms with E-state index in [0.29, 0.717) is 17.6 Å². The molecule has 0 bridgehead atoms. The number of hydrogen-bond donors (Lipinski definition) is 1. The molecule has 2 rings (SSSR count). The average molecular weight is 243 g/mol. The minimum atomic E-state index is 0.426.